The summed E-state index contributed by atoms with van der Waals surface area (Å²) in [6, 6.07) is 19.7. The van der Waals surface area contributed by atoms with E-state index in [0.29, 0.717) is 5.78 Å². The van der Waals surface area contributed by atoms with Crippen molar-refractivity contribution in [1.29, 1.82) is 0 Å². The predicted molar refractivity (Wildman–Crippen MR) is 92.4 cm³/mol. The number of carbonyl (C=O) groups is 1. The lowest BCUT2D eigenvalue weighted by Gasteiger charge is -2.43. The van der Waals surface area contributed by atoms with Crippen molar-refractivity contribution in [2.24, 2.45) is 0 Å². The van der Waals surface area contributed by atoms with E-state index in [2.05, 4.69) is 59.5 Å². The van der Waals surface area contributed by atoms with Crippen LogP contribution in [0.4, 0.5) is 0 Å². The van der Waals surface area contributed by atoms with Gasteiger partial charge in [-0.25, -0.2) is 0 Å². The molecule has 0 radical (unpaired) electrons. The zero-order valence-corrected chi connectivity index (χ0v) is 13.4. The summed E-state index contributed by atoms with van der Waals surface area (Å²) in [5, 5.41) is 0. The maximum atomic E-state index is 12.5. The smallest absolute Gasteiger partial charge is 0.149 e. The highest BCUT2D eigenvalue weighted by Crippen LogP contribution is 2.38. The molecule has 118 valence electrons. The Bertz CT molecular complexity index is 694. The minimum atomic E-state index is 0.0994. The fraction of sp³-hybridized carbons (Fsp3) is 0.381. The van der Waals surface area contributed by atoms with Crippen molar-refractivity contribution >= 4 is 5.78 Å². The van der Waals surface area contributed by atoms with Crippen LogP contribution in [0, 0.1) is 0 Å². The first-order valence-corrected chi connectivity index (χ1v) is 8.76. The third-order valence-corrected chi connectivity index (χ3v) is 5.36. The second-order valence-corrected chi connectivity index (χ2v) is 6.73. The van der Waals surface area contributed by atoms with Gasteiger partial charge in [0.1, 0.15) is 5.78 Å². The fourth-order valence-electron chi connectivity index (χ4n) is 4.24. The molecule has 4 rings (SSSR count). The van der Waals surface area contributed by atoms with Crippen molar-refractivity contribution in [2.75, 3.05) is 6.54 Å². The predicted octanol–water partition coefficient (Wildman–Crippen LogP) is 4.15. The van der Waals surface area contributed by atoms with E-state index in [-0.39, 0.29) is 12.1 Å². The summed E-state index contributed by atoms with van der Waals surface area (Å²) in [4.78, 5) is 15.0. The lowest BCUT2D eigenvalue weighted by Crippen LogP contribution is -2.48. The molecule has 1 aliphatic carbocycles. The van der Waals surface area contributed by atoms with E-state index in [1.54, 1.807) is 0 Å². The Labute approximate surface area is 138 Å². The van der Waals surface area contributed by atoms with Crippen LogP contribution in [-0.4, -0.2) is 23.3 Å². The molecule has 0 N–H and O–H groups in total. The second kappa shape index (κ2) is 6.29. The van der Waals surface area contributed by atoms with Crippen molar-refractivity contribution < 1.29 is 4.79 Å². The topological polar surface area (TPSA) is 20.3 Å². The van der Waals surface area contributed by atoms with Gasteiger partial charge in [0.05, 0.1) is 12.1 Å². The Morgan fingerprint density at radius 1 is 0.870 bits per heavy atom. The first-order chi connectivity index (χ1) is 11.3. The van der Waals surface area contributed by atoms with Gasteiger partial charge in [-0.1, -0.05) is 61.0 Å². The van der Waals surface area contributed by atoms with E-state index >= 15 is 0 Å². The minimum absolute atomic E-state index is 0.0994. The highest BCUT2D eigenvalue weighted by atomic mass is 16.1. The number of carbonyl (C=O) groups excluding carboxylic acids is 1. The van der Waals surface area contributed by atoms with Gasteiger partial charge in [-0.05, 0) is 36.0 Å². The molecule has 1 saturated carbocycles. The maximum Gasteiger partial charge on any atom is 0.149 e. The molecule has 2 aromatic rings. The summed E-state index contributed by atoms with van der Waals surface area (Å²) < 4.78 is 0. The van der Waals surface area contributed by atoms with Crippen molar-refractivity contribution in [1.82, 2.24) is 4.90 Å². The van der Waals surface area contributed by atoms with Crippen molar-refractivity contribution in [3.63, 3.8) is 0 Å². The molecule has 2 aromatic carbocycles. The highest BCUT2D eigenvalue weighted by molar-refractivity contribution is 5.84. The number of benzene rings is 2. The summed E-state index contributed by atoms with van der Waals surface area (Å²) in [5.74, 6) is 0.441. The van der Waals surface area contributed by atoms with Crippen LogP contribution in [0.15, 0.2) is 54.6 Å². The van der Waals surface area contributed by atoms with Crippen molar-refractivity contribution in [3.8, 4) is 0 Å². The Morgan fingerprint density at radius 3 is 2.48 bits per heavy atom. The zero-order chi connectivity index (χ0) is 15.6. The van der Waals surface area contributed by atoms with Crippen molar-refractivity contribution in [3.05, 3.63) is 71.3 Å². The van der Waals surface area contributed by atoms with Crippen LogP contribution in [0.5, 0.6) is 0 Å². The summed E-state index contributed by atoms with van der Waals surface area (Å²) in [6.45, 7) is 0.979. The number of ketones is 1. The number of rotatable bonds is 2. The largest absolute Gasteiger partial charge is 0.298 e. The average molecular weight is 305 g/mol. The number of Topliss-reactive ketones (excluding diaryl/α,β-unsaturated/α-hetero) is 1. The number of nitrogens with zero attached hydrogens (tertiary/aromatic N) is 1. The SMILES string of the molecule is O=C1CCCCC1N1CCc2ccccc2C1c1ccccc1. The molecule has 0 saturated heterocycles. The van der Waals surface area contributed by atoms with Gasteiger partial charge in [-0.3, -0.25) is 9.69 Å². The third-order valence-electron chi connectivity index (χ3n) is 5.36. The van der Waals surface area contributed by atoms with Gasteiger partial charge in [-0.15, -0.1) is 0 Å². The zero-order valence-electron chi connectivity index (χ0n) is 13.4. The molecular formula is C21H23NO. The van der Waals surface area contributed by atoms with Crippen LogP contribution in [-0.2, 0) is 11.2 Å². The van der Waals surface area contributed by atoms with Gasteiger partial charge in [0.2, 0.25) is 0 Å². The molecule has 2 nitrogen and oxygen atoms in total. The second-order valence-electron chi connectivity index (χ2n) is 6.73. The molecule has 0 amide bonds. The summed E-state index contributed by atoms with van der Waals surface area (Å²) in [6.07, 6.45) is 5.06. The van der Waals surface area contributed by atoms with Crippen LogP contribution in [0.2, 0.25) is 0 Å². The number of hydrogen-bond donors (Lipinski definition) is 0. The Kier molecular flexibility index (Phi) is 4.00. The molecule has 2 heteroatoms. The Balaban J connectivity index is 1.78. The first-order valence-electron chi connectivity index (χ1n) is 8.76. The summed E-state index contributed by atoms with van der Waals surface area (Å²) >= 11 is 0. The average Bonchev–Trinajstić information content (AvgIpc) is 2.62. The molecule has 2 aliphatic rings. The molecule has 1 fully saturated rings. The van der Waals surface area contributed by atoms with E-state index in [1.165, 1.54) is 23.1 Å². The lowest BCUT2D eigenvalue weighted by atomic mass is 9.84. The molecule has 1 aliphatic heterocycles. The molecule has 23 heavy (non-hydrogen) atoms. The molecule has 2 atom stereocenters. The van der Waals surface area contributed by atoms with E-state index in [9.17, 15) is 4.79 Å². The molecule has 1 heterocycles. The van der Waals surface area contributed by atoms with E-state index in [4.69, 9.17) is 0 Å². The molecule has 0 aromatic heterocycles. The van der Waals surface area contributed by atoms with E-state index in [0.717, 1.165) is 32.2 Å². The van der Waals surface area contributed by atoms with Crippen LogP contribution in [0.1, 0.15) is 48.4 Å². The van der Waals surface area contributed by atoms with Crippen LogP contribution >= 0.6 is 0 Å². The van der Waals surface area contributed by atoms with Gasteiger partial charge in [0.15, 0.2) is 0 Å². The maximum absolute atomic E-state index is 12.5. The molecule has 0 bridgehead atoms. The monoisotopic (exact) mass is 305 g/mol. The molecule has 0 spiro atoms. The minimum Gasteiger partial charge on any atom is -0.298 e. The highest BCUT2D eigenvalue weighted by Gasteiger charge is 2.37. The van der Waals surface area contributed by atoms with Crippen LogP contribution in [0.3, 0.4) is 0 Å². The molecule has 2 unspecified atom stereocenters. The quantitative estimate of drug-likeness (QED) is 0.831. The normalized spacial score (nSPS) is 25.1. The third kappa shape index (κ3) is 2.72. The summed E-state index contributed by atoms with van der Waals surface area (Å²) in [5.41, 5.74) is 4.11. The van der Waals surface area contributed by atoms with E-state index in [1.807, 2.05) is 0 Å². The Hall–Kier alpha value is -1.93. The van der Waals surface area contributed by atoms with Gasteiger partial charge in [0.25, 0.3) is 0 Å². The van der Waals surface area contributed by atoms with Crippen LogP contribution in [0.25, 0.3) is 0 Å². The van der Waals surface area contributed by atoms with E-state index < -0.39 is 0 Å². The number of hydrogen-bond acceptors (Lipinski definition) is 2. The van der Waals surface area contributed by atoms with Gasteiger partial charge in [-0.2, -0.15) is 0 Å². The van der Waals surface area contributed by atoms with Gasteiger partial charge < -0.3 is 0 Å². The standard InChI is InChI=1S/C21H23NO/c23-20-13-7-6-12-19(20)22-15-14-16-8-4-5-11-18(16)21(22)17-9-2-1-3-10-17/h1-5,8-11,19,21H,6-7,12-15H2. The summed E-state index contributed by atoms with van der Waals surface area (Å²) in [7, 11) is 0. The number of fused-ring (bicyclic) bond motifs is 1. The van der Waals surface area contributed by atoms with Crippen LogP contribution < -0.4 is 0 Å². The first kappa shape index (κ1) is 14.6. The lowest BCUT2D eigenvalue weighted by molar-refractivity contribution is -0.127. The van der Waals surface area contributed by atoms with Crippen molar-refractivity contribution in [2.45, 2.75) is 44.2 Å². The molecular weight excluding hydrogens is 282 g/mol. The van der Waals surface area contributed by atoms with Gasteiger partial charge in [0, 0.05) is 13.0 Å². The Morgan fingerprint density at radius 2 is 1.65 bits per heavy atom. The van der Waals surface area contributed by atoms with Gasteiger partial charge >= 0.3 is 0 Å². The fourth-order valence-corrected chi connectivity index (χ4v) is 4.24.